The van der Waals surface area contributed by atoms with Gasteiger partial charge in [0.15, 0.2) is 5.17 Å². The zero-order valence-electron chi connectivity index (χ0n) is 11.9. The summed E-state index contributed by atoms with van der Waals surface area (Å²) in [7, 11) is 0. The Bertz CT molecular complexity index is 703. The van der Waals surface area contributed by atoms with Crippen LogP contribution in [0.4, 0.5) is 4.39 Å². The molecule has 1 heterocycles. The molecule has 2 aromatic carbocycles. The van der Waals surface area contributed by atoms with Crippen molar-refractivity contribution in [2.45, 2.75) is 5.75 Å². The fourth-order valence-corrected chi connectivity index (χ4v) is 3.24. The Labute approximate surface area is 132 Å². The Morgan fingerprint density at radius 3 is 2.64 bits per heavy atom. The molecule has 0 bridgehead atoms. The first-order valence-electron chi connectivity index (χ1n) is 7.03. The van der Waals surface area contributed by atoms with Gasteiger partial charge in [0, 0.05) is 12.3 Å². The maximum Gasteiger partial charge on any atom is 0.262 e. The average molecular weight is 314 g/mol. The van der Waals surface area contributed by atoms with E-state index in [1.807, 2.05) is 30.3 Å². The van der Waals surface area contributed by atoms with Crippen molar-refractivity contribution in [3.05, 3.63) is 71.5 Å². The molecular formula is C17H15FN2OS. The van der Waals surface area contributed by atoms with Crippen LogP contribution in [0, 0.1) is 5.82 Å². The number of hydrogen-bond acceptors (Lipinski definition) is 3. The molecule has 0 radical (unpaired) electrons. The molecule has 1 aliphatic heterocycles. The van der Waals surface area contributed by atoms with E-state index >= 15 is 0 Å². The zero-order valence-corrected chi connectivity index (χ0v) is 12.7. The van der Waals surface area contributed by atoms with E-state index in [0.717, 1.165) is 5.75 Å². The van der Waals surface area contributed by atoms with E-state index in [0.29, 0.717) is 18.3 Å². The van der Waals surface area contributed by atoms with E-state index in [2.05, 4.69) is 4.99 Å². The second-order valence-corrected chi connectivity index (χ2v) is 5.82. The van der Waals surface area contributed by atoms with Crippen molar-refractivity contribution in [1.29, 1.82) is 0 Å². The van der Waals surface area contributed by atoms with E-state index in [9.17, 15) is 9.18 Å². The summed E-state index contributed by atoms with van der Waals surface area (Å²) in [5, 5.41) is 0.664. The number of thioether (sulfide) groups is 1. The van der Waals surface area contributed by atoms with Gasteiger partial charge in [0.25, 0.3) is 5.91 Å². The summed E-state index contributed by atoms with van der Waals surface area (Å²) >= 11 is 1.51. The molecule has 0 unspecified atom stereocenters. The molecule has 0 aliphatic carbocycles. The van der Waals surface area contributed by atoms with E-state index in [1.54, 1.807) is 17.0 Å². The highest BCUT2D eigenvalue weighted by Crippen LogP contribution is 2.22. The van der Waals surface area contributed by atoms with Crippen LogP contribution in [0.2, 0.25) is 0 Å². The Morgan fingerprint density at radius 2 is 1.86 bits per heavy atom. The van der Waals surface area contributed by atoms with Gasteiger partial charge in [-0.2, -0.15) is 0 Å². The molecular weight excluding hydrogens is 299 g/mol. The van der Waals surface area contributed by atoms with E-state index < -0.39 is 5.82 Å². The molecule has 0 spiro atoms. The number of benzene rings is 2. The lowest BCUT2D eigenvalue weighted by atomic mass is 10.2. The van der Waals surface area contributed by atoms with Crippen molar-refractivity contribution in [1.82, 2.24) is 4.90 Å². The lowest BCUT2D eigenvalue weighted by Gasteiger charge is -2.18. The van der Waals surface area contributed by atoms with E-state index in [4.69, 9.17) is 0 Å². The van der Waals surface area contributed by atoms with Gasteiger partial charge in [-0.1, -0.05) is 54.2 Å². The van der Waals surface area contributed by atoms with Crippen LogP contribution in [0.25, 0.3) is 0 Å². The number of rotatable bonds is 3. The summed E-state index contributed by atoms with van der Waals surface area (Å²) in [6.45, 7) is 1.07. The van der Waals surface area contributed by atoms with Crippen LogP contribution < -0.4 is 0 Å². The lowest BCUT2D eigenvalue weighted by molar-refractivity contribution is 0.0856. The smallest absolute Gasteiger partial charge is 0.262 e. The average Bonchev–Trinajstić information content (AvgIpc) is 3.02. The molecule has 112 valence electrons. The van der Waals surface area contributed by atoms with Crippen LogP contribution in [0.15, 0.2) is 59.6 Å². The molecule has 1 aliphatic rings. The van der Waals surface area contributed by atoms with Crippen molar-refractivity contribution in [3.8, 4) is 0 Å². The van der Waals surface area contributed by atoms with Gasteiger partial charge in [-0.3, -0.25) is 14.7 Å². The van der Waals surface area contributed by atoms with Gasteiger partial charge >= 0.3 is 0 Å². The molecule has 2 aromatic rings. The second kappa shape index (κ2) is 6.75. The summed E-state index contributed by atoms with van der Waals surface area (Å²) < 4.78 is 13.8. The van der Waals surface area contributed by atoms with Crippen LogP contribution in [-0.4, -0.2) is 29.1 Å². The minimum Gasteiger partial charge on any atom is -0.285 e. The number of halogens is 1. The topological polar surface area (TPSA) is 32.7 Å². The molecule has 3 rings (SSSR count). The van der Waals surface area contributed by atoms with Crippen molar-refractivity contribution in [2.75, 3.05) is 13.1 Å². The van der Waals surface area contributed by atoms with Gasteiger partial charge in [-0.15, -0.1) is 0 Å². The summed E-state index contributed by atoms with van der Waals surface area (Å²) in [5.41, 5.74) is 1.26. The highest BCUT2D eigenvalue weighted by Gasteiger charge is 2.26. The summed E-state index contributed by atoms with van der Waals surface area (Å²) in [6, 6.07) is 16.1. The molecule has 0 saturated heterocycles. The fraction of sp³-hybridized carbons (Fsp3) is 0.176. The predicted octanol–water partition coefficient (Wildman–Crippen LogP) is 3.57. The number of nitrogens with zero attached hydrogens (tertiary/aromatic N) is 2. The second-order valence-electron chi connectivity index (χ2n) is 4.88. The first-order chi connectivity index (χ1) is 10.8. The quantitative estimate of drug-likeness (QED) is 0.867. The van der Waals surface area contributed by atoms with Gasteiger partial charge in [0.2, 0.25) is 0 Å². The van der Waals surface area contributed by atoms with Gasteiger partial charge < -0.3 is 0 Å². The summed E-state index contributed by atoms with van der Waals surface area (Å²) in [5.74, 6) is -0.0810. The van der Waals surface area contributed by atoms with Crippen molar-refractivity contribution >= 4 is 22.8 Å². The van der Waals surface area contributed by atoms with Crippen LogP contribution in [0.5, 0.6) is 0 Å². The van der Waals surface area contributed by atoms with Crippen molar-refractivity contribution < 1.29 is 9.18 Å². The molecule has 3 nitrogen and oxygen atoms in total. The maximum absolute atomic E-state index is 13.8. The molecule has 0 fully saturated rings. The van der Waals surface area contributed by atoms with Crippen LogP contribution in [-0.2, 0) is 5.75 Å². The minimum atomic E-state index is -0.494. The molecule has 0 N–H and O–H groups in total. The first-order valence-corrected chi connectivity index (χ1v) is 8.02. The number of hydrogen-bond donors (Lipinski definition) is 0. The zero-order chi connectivity index (χ0) is 15.4. The minimum absolute atomic E-state index is 0.0948. The van der Waals surface area contributed by atoms with Gasteiger partial charge in [0.1, 0.15) is 5.82 Å². The highest BCUT2D eigenvalue weighted by atomic mass is 32.2. The summed E-state index contributed by atoms with van der Waals surface area (Å²) in [4.78, 5) is 18.4. The normalized spacial score (nSPS) is 14.0. The highest BCUT2D eigenvalue weighted by molar-refractivity contribution is 8.13. The summed E-state index contributed by atoms with van der Waals surface area (Å²) in [6.07, 6.45) is 0. The number of carbonyl (C=O) groups is 1. The van der Waals surface area contributed by atoms with E-state index in [1.165, 1.54) is 29.5 Å². The molecule has 5 heteroatoms. The lowest BCUT2D eigenvalue weighted by Crippen LogP contribution is -2.33. The molecule has 0 saturated carbocycles. The van der Waals surface area contributed by atoms with Crippen LogP contribution in [0.3, 0.4) is 0 Å². The SMILES string of the molecule is O=C(c1ccccc1F)N1CCN=C1SCc1ccccc1. The number of amidine groups is 1. The maximum atomic E-state index is 13.8. The molecule has 1 amide bonds. The van der Waals surface area contributed by atoms with Crippen molar-refractivity contribution in [3.63, 3.8) is 0 Å². The Hall–Kier alpha value is -2.14. The van der Waals surface area contributed by atoms with Crippen LogP contribution in [0.1, 0.15) is 15.9 Å². The Balaban J connectivity index is 1.70. The van der Waals surface area contributed by atoms with Gasteiger partial charge in [-0.05, 0) is 17.7 Å². The third kappa shape index (κ3) is 3.20. The fourth-order valence-electron chi connectivity index (χ4n) is 2.24. The first kappa shape index (κ1) is 14.8. The Kier molecular flexibility index (Phi) is 4.53. The third-order valence-electron chi connectivity index (χ3n) is 3.36. The number of amides is 1. The van der Waals surface area contributed by atoms with Gasteiger partial charge in [-0.25, -0.2) is 4.39 Å². The monoisotopic (exact) mass is 314 g/mol. The van der Waals surface area contributed by atoms with E-state index in [-0.39, 0.29) is 11.5 Å². The third-order valence-corrected chi connectivity index (χ3v) is 4.45. The predicted molar refractivity (Wildman–Crippen MR) is 87.5 cm³/mol. The Morgan fingerprint density at radius 1 is 1.14 bits per heavy atom. The van der Waals surface area contributed by atoms with Crippen LogP contribution >= 0.6 is 11.8 Å². The number of carbonyl (C=O) groups excluding carboxylic acids is 1. The molecule has 0 atom stereocenters. The van der Waals surface area contributed by atoms with Crippen molar-refractivity contribution in [2.24, 2.45) is 4.99 Å². The number of aliphatic imine (C=N–C) groups is 1. The largest absolute Gasteiger partial charge is 0.285 e. The molecule has 22 heavy (non-hydrogen) atoms. The molecule has 0 aromatic heterocycles. The van der Waals surface area contributed by atoms with Gasteiger partial charge in [0.05, 0.1) is 12.1 Å². The standard InChI is InChI=1S/C17H15FN2OS/c18-15-9-5-4-8-14(15)16(21)20-11-10-19-17(20)22-12-13-6-2-1-3-7-13/h1-9H,10-12H2.